The van der Waals surface area contributed by atoms with Gasteiger partial charge in [0.05, 0.1) is 0 Å². The highest BCUT2D eigenvalue weighted by Crippen LogP contribution is 2.00. The molecule has 0 radical (unpaired) electrons. The summed E-state index contributed by atoms with van der Waals surface area (Å²) < 4.78 is 12.7. The molecule has 12 heavy (non-hydrogen) atoms. The average Bonchev–Trinajstić information content (AvgIpc) is 2.31. The fraction of sp³-hybridized carbons (Fsp3) is 0. The SMILES string of the molecule is O=c1[nH]c(=O)c2c(ncn2F)[nH]1. The van der Waals surface area contributed by atoms with Crippen LogP contribution in [0.5, 0.6) is 0 Å². The van der Waals surface area contributed by atoms with E-state index in [2.05, 4.69) is 9.97 Å². The normalized spacial score (nSPS) is 10.8. The molecule has 0 aromatic carbocycles. The Morgan fingerprint density at radius 3 is 2.92 bits per heavy atom. The molecule has 6 nitrogen and oxygen atoms in total. The molecular formula is C5H3FN4O2. The summed E-state index contributed by atoms with van der Waals surface area (Å²) >= 11 is 0. The number of fused-ring (bicyclic) bond motifs is 1. The van der Waals surface area contributed by atoms with Gasteiger partial charge in [0.2, 0.25) is 0 Å². The van der Waals surface area contributed by atoms with Crippen LogP contribution in [0.1, 0.15) is 0 Å². The molecule has 0 bridgehead atoms. The summed E-state index contributed by atoms with van der Waals surface area (Å²) in [6.07, 6.45) is 0.801. The van der Waals surface area contributed by atoms with E-state index in [1.807, 2.05) is 4.98 Å². The van der Waals surface area contributed by atoms with E-state index in [4.69, 9.17) is 0 Å². The first-order valence-electron chi connectivity index (χ1n) is 3.04. The van der Waals surface area contributed by atoms with Crippen molar-refractivity contribution in [3.63, 3.8) is 0 Å². The number of H-pyrrole nitrogens is 2. The van der Waals surface area contributed by atoms with E-state index in [-0.39, 0.29) is 16.0 Å². The first-order valence-corrected chi connectivity index (χ1v) is 3.04. The number of halogens is 1. The van der Waals surface area contributed by atoms with Crippen molar-refractivity contribution in [2.24, 2.45) is 0 Å². The maximum absolute atomic E-state index is 12.7. The number of nitrogens with zero attached hydrogens (tertiary/aromatic N) is 2. The molecule has 0 aliphatic rings. The van der Waals surface area contributed by atoms with Crippen LogP contribution >= 0.6 is 0 Å². The number of aromatic amines is 2. The third-order valence-electron chi connectivity index (χ3n) is 1.40. The van der Waals surface area contributed by atoms with Gasteiger partial charge in [-0.05, 0) is 0 Å². The van der Waals surface area contributed by atoms with Crippen LogP contribution in [0.4, 0.5) is 4.48 Å². The molecule has 0 unspecified atom stereocenters. The second-order valence-corrected chi connectivity index (χ2v) is 2.16. The lowest BCUT2D eigenvalue weighted by atomic mass is 10.5. The zero-order chi connectivity index (χ0) is 8.72. The van der Waals surface area contributed by atoms with E-state index in [1.54, 1.807) is 0 Å². The summed E-state index contributed by atoms with van der Waals surface area (Å²) in [4.78, 5) is 29.1. The number of hydrogen-bond donors (Lipinski definition) is 2. The van der Waals surface area contributed by atoms with Gasteiger partial charge < -0.3 is 0 Å². The van der Waals surface area contributed by atoms with Gasteiger partial charge in [0.1, 0.15) is 6.33 Å². The first-order chi connectivity index (χ1) is 5.68. The minimum atomic E-state index is -0.797. The van der Waals surface area contributed by atoms with Gasteiger partial charge in [-0.3, -0.25) is 14.8 Å². The molecule has 0 aliphatic carbocycles. The van der Waals surface area contributed by atoms with Gasteiger partial charge in [0.25, 0.3) is 5.56 Å². The van der Waals surface area contributed by atoms with Crippen LogP contribution in [0.2, 0.25) is 0 Å². The van der Waals surface area contributed by atoms with E-state index >= 15 is 0 Å². The minimum Gasteiger partial charge on any atom is -0.290 e. The summed E-state index contributed by atoms with van der Waals surface area (Å²) in [6.45, 7) is 0. The topological polar surface area (TPSA) is 83.5 Å². The number of nitrogens with one attached hydrogen (secondary N) is 2. The predicted octanol–water partition coefficient (Wildman–Crippen LogP) is -0.855. The van der Waals surface area contributed by atoms with Crippen molar-refractivity contribution in [2.75, 3.05) is 0 Å². The Kier molecular flexibility index (Phi) is 1.15. The van der Waals surface area contributed by atoms with Crippen molar-refractivity contribution in [2.45, 2.75) is 0 Å². The standard InChI is InChI=1S/C5H3FN4O2/c6-10-1-7-3-2(10)4(11)9-5(12)8-3/h1H,(H2,8,9,11,12). The molecule has 2 rings (SSSR count). The summed E-state index contributed by atoms with van der Waals surface area (Å²) in [5, 5.41) is 0. The van der Waals surface area contributed by atoms with Crippen molar-refractivity contribution >= 4 is 11.2 Å². The lowest BCUT2D eigenvalue weighted by Gasteiger charge is -1.86. The van der Waals surface area contributed by atoms with Crippen molar-refractivity contribution in [3.05, 3.63) is 27.2 Å². The van der Waals surface area contributed by atoms with Crippen molar-refractivity contribution < 1.29 is 4.48 Å². The Balaban J connectivity index is 3.13. The Hall–Kier alpha value is -1.92. The van der Waals surface area contributed by atoms with Crippen LogP contribution < -0.4 is 11.2 Å². The molecule has 2 aromatic heterocycles. The van der Waals surface area contributed by atoms with Crippen LogP contribution in [-0.4, -0.2) is 19.7 Å². The van der Waals surface area contributed by atoms with Gasteiger partial charge in [-0.2, -0.15) is 4.79 Å². The molecule has 2 aromatic rings. The third-order valence-corrected chi connectivity index (χ3v) is 1.40. The monoisotopic (exact) mass is 170 g/mol. The summed E-state index contributed by atoms with van der Waals surface area (Å²) in [5.74, 6) is 0. The molecule has 0 saturated heterocycles. The highest BCUT2D eigenvalue weighted by Gasteiger charge is 2.06. The van der Waals surface area contributed by atoms with Crippen molar-refractivity contribution in [3.8, 4) is 0 Å². The fourth-order valence-corrected chi connectivity index (χ4v) is 0.926. The molecule has 0 spiro atoms. The maximum atomic E-state index is 12.7. The zero-order valence-electron chi connectivity index (χ0n) is 5.67. The third kappa shape index (κ3) is 0.760. The van der Waals surface area contributed by atoms with Gasteiger partial charge in [0.15, 0.2) is 11.2 Å². The molecule has 0 atom stereocenters. The Labute approximate surface area is 63.6 Å². The Morgan fingerprint density at radius 2 is 2.17 bits per heavy atom. The van der Waals surface area contributed by atoms with Gasteiger partial charge in [-0.15, -0.1) is 0 Å². The largest absolute Gasteiger partial charge is 0.327 e. The Morgan fingerprint density at radius 1 is 1.42 bits per heavy atom. The molecule has 0 aliphatic heterocycles. The summed E-state index contributed by atoms with van der Waals surface area (Å²) in [5.41, 5.74) is -1.86. The van der Waals surface area contributed by atoms with Crippen LogP contribution in [-0.2, 0) is 0 Å². The molecule has 2 N–H and O–H groups in total. The van der Waals surface area contributed by atoms with E-state index in [0.29, 0.717) is 0 Å². The molecule has 0 fully saturated rings. The van der Waals surface area contributed by atoms with E-state index in [9.17, 15) is 14.1 Å². The molecule has 62 valence electrons. The Bertz CT molecular complexity index is 536. The lowest BCUT2D eigenvalue weighted by Crippen LogP contribution is -2.22. The minimum absolute atomic E-state index is 0.0457. The predicted molar refractivity (Wildman–Crippen MR) is 37.5 cm³/mol. The van der Waals surface area contributed by atoms with E-state index in [1.165, 1.54) is 0 Å². The van der Waals surface area contributed by atoms with Gasteiger partial charge in [0, 0.05) is 0 Å². The molecule has 7 heteroatoms. The first kappa shape index (κ1) is 6.77. The van der Waals surface area contributed by atoms with Crippen LogP contribution in [0.25, 0.3) is 11.2 Å². The smallest absolute Gasteiger partial charge is 0.290 e. The van der Waals surface area contributed by atoms with E-state index < -0.39 is 11.2 Å². The highest BCUT2D eigenvalue weighted by molar-refractivity contribution is 5.68. The summed E-state index contributed by atoms with van der Waals surface area (Å²) in [6, 6.07) is 0. The summed E-state index contributed by atoms with van der Waals surface area (Å²) in [7, 11) is 0. The van der Waals surface area contributed by atoms with Crippen LogP contribution in [0, 0.1) is 0 Å². The quantitative estimate of drug-likeness (QED) is 0.539. The molecule has 2 heterocycles. The fourth-order valence-electron chi connectivity index (χ4n) is 0.926. The number of imidazole rings is 1. The van der Waals surface area contributed by atoms with Gasteiger partial charge >= 0.3 is 5.69 Å². The van der Waals surface area contributed by atoms with Crippen LogP contribution in [0.15, 0.2) is 15.9 Å². The molecule has 0 amide bonds. The van der Waals surface area contributed by atoms with Crippen molar-refractivity contribution in [1.29, 1.82) is 0 Å². The van der Waals surface area contributed by atoms with Gasteiger partial charge in [-0.1, -0.05) is 4.48 Å². The zero-order valence-corrected chi connectivity index (χ0v) is 5.67. The lowest BCUT2D eigenvalue weighted by molar-refractivity contribution is 0.383. The average molecular weight is 170 g/mol. The van der Waals surface area contributed by atoms with Crippen molar-refractivity contribution in [1.82, 2.24) is 19.7 Å². The number of rotatable bonds is 0. The van der Waals surface area contributed by atoms with Crippen LogP contribution in [0.3, 0.4) is 0 Å². The molecular weight excluding hydrogens is 167 g/mol. The number of aromatic nitrogens is 4. The number of hydrogen-bond acceptors (Lipinski definition) is 3. The van der Waals surface area contributed by atoms with Gasteiger partial charge in [-0.25, -0.2) is 9.78 Å². The molecule has 0 saturated carbocycles. The van der Waals surface area contributed by atoms with E-state index in [0.717, 1.165) is 6.33 Å². The second-order valence-electron chi connectivity index (χ2n) is 2.16. The second kappa shape index (κ2) is 2.03. The maximum Gasteiger partial charge on any atom is 0.327 e. The highest BCUT2D eigenvalue weighted by atomic mass is 19.2.